The Morgan fingerprint density at radius 2 is 1.95 bits per heavy atom. The Kier molecular flexibility index (Phi) is 3.87. The Morgan fingerprint density at radius 3 is 2.67 bits per heavy atom. The molecule has 0 aliphatic heterocycles. The summed E-state index contributed by atoms with van der Waals surface area (Å²) >= 11 is 12.4. The molecule has 1 atom stereocenters. The average Bonchev–Trinajstić information content (AvgIpc) is 2.82. The first-order valence-electron chi connectivity index (χ1n) is 6.60. The van der Waals surface area contributed by atoms with Gasteiger partial charge in [-0.25, -0.2) is 9.37 Å². The van der Waals surface area contributed by atoms with E-state index in [1.165, 1.54) is 6.07 Å². The zero-order valence-electron chi connectivity index (χ0n) is 11.4. The van der Waals surface area contributed by atoms with Gasteiger partial charge in [0, 0.05) is 5.56 Å². The topological polar surface area (TPSA) is 17.8 Å². The van der Waals surface area contributed by atoms with Gasteiger partial charge in [0.1, 0.15) is 17.2 Å². The van der Waals surface area contributed by atoms with Crippen molar-refractivity contribution >= 4 is 34.2 Å². The van der Waals surface area contributed by atoms with Crippen LogP contribution in [0, 0.1) is 5.82 Å². The number of hydrogen-bond donors (Lipinski definition) is 0. The van der Waals surface area contributed by atoms with Crippen LogP contribution in [-0.2, 0) is 6.54 Å². The van der Waals surface area contributed by atoms with E-state index in [1.54, 1.807) is 18.2 Å². The van der Waals surface area contributed by atoms with Gasteiger partial charge in [-0.3, -0.25) is 0 Å². The lowest BCUT2D eigenvalue weighted by molar-refractivity contribution is 0.597. The highest BCUT2D eigenvalue weighted by Gasteiger charge is 2.17. The predicted octanol–water partition coefficient (Wildman–Crippen LogP) is 5.18. The summed E-state index contributed by atoms with van der Waals surface area (Å²) in [6.45, 7) is 2.21. The largest absolute Gasteiger partial charge is 0.322 e. The molecule has 0 N–H and O–H groups in total. The van der Waals surface area contributed by atoms with Crippen LogP contribution in [0.25, 0.3) is 11.0 Å². The van der Waals surface area contributed by atoms with Gasteiger partial charge >= 0.3 is 0 Å². The van der Waals surface area contributed by atoms with E-state index in [2.05, 4.69) is 4.98 Å². The molecule has 3 rings (SSSR count). The third-order valence-corrected chi connectivity index (χ3v) is 3.90. The van der Waals surface area contributed by atoms with Crippen LogP contribution in [-0.4, -0.2) is 9.55 Å². The number of hydrogen-bond acceptors (Lipinski definition) is 1. The summed E-state index contributed by atoms with van der Waals surface area (Å²) in [5.41, 5.74) is 2.14. The first kappa shape index (κ1) is 14.4. The van der Waals surface area contributed by atoms with E-state index in [9.17, 15) is 4.39 Å². The van der Waals surface area contributed by atoms with Crippen molar-refractivity contribution in [2.75, 3.05) is 0 Å². The fourth-order valence-electron chi connectivity index (χ4n) is 2.40. The lowest BCUT2D eigenvalue weighted by atomic mass is 10.2. The number of aromatic nitrogens is 2. The van der Waals surface area contributed by atoms with E-state index < -0.39 is 0 Å². The number of para-hydroxylation sites is 1. The third kappa shape index (κ3) is 2.63. The van der Waals surface area contributed by atoms with Crippen molar-refractivity contribution in [3.63, 3.8) is 0 Å². The molecule has 0 saturated heterocycles. The number of nitrogens with zero attached hydrogens (tertiary/aromatic N) is 2. The zero-order chi connectivity index (χ0) is 15.0. The van der Waals surface area contributed by atoms with Crippen LogP contribution >= 0.6 is 23.2 Å². The van der Waals surface area contributed by atoms with Gasteiger partial charge in [-0.2, -0.15) is 0 Å². The summed E-state index contributed by atoms with van der Waals surface area (Å²) in [5, 5.41) is 0.276. The van der Waals surface area contributed by atoms with E-state index in [4.69, 9.17) is 23.2 Å². The minimum Gasteiger partial charge on any atom is -0.322 e. The quantitative estimate of drug-likeness (QED) is 0.608. The van der Waals surface area contributed by atoms with Crippen LogP contribution < -0.4 is 0 Å². The molecule has 3 aromatic rings. The van der Waals surface area contributed by atoms with E-state index in [0.29, 0.717) is 28.5 Å². The van der Waals surface area contributed by atoms with Crippen LogP contribution in [0.1, 0.15) is 23.7 Å². The summed E-state index contributed by atoms with van der Waals surface area (Å²) in [6, 6.07) is 12.2. The van der Waals surface area contributed by atoms with Gasteiger partial charge in [0.2, 0.25) is 0 Å². The number of benzene rings is 2. The first-order valence-corrected chi connectivity index (χ1v) is 7.41. The third-order valence-electron chi connectivity index (χ3n) is 3.40. The molecule has 1 unspecified atom stereocenters. The van der Waals surface area contributed by atoms with Crippen molar-refractivity contribution in [2.24, 2.45) is 0 Å². The highest BCUT2D eigenvalue weighted by molar-refractivity contribution is 6.35. The number of rotatable bonds is 3. The molecular weight excluding hydrogens is 310 g/mol. The lowest BCUT2D eigenvalue weighted by Crippen LogP contribution is -2.07. The van der Waals surface area contributed by atoms with E-state index in [1.807, 2.05) is 29.7 Å². The van der Waals surface area contributed by atoms with Gasteiger partial charge in [-0.1, -0.05) is 35.9 Å². The molecule has 1 heterocycles. The Balaban J connectivity index is 2.19. The Labute approximate surface area is 132 Å². The number of fused-ring (bicyclic) bond motifs is 1. The highest BCUT2D eigenvalue weighted by atomic mass is 35.5. The Bertz CT molecular complexity index is 796. The lowest BCUT2D eigenvalue weighted by Gasteiger charge is -2.11. The molecular formula is C16H13Cl2FN2. The molecule has 2 nitrogen and oxygen atoms in total. The maximum absolute atomic E-state index is 13.9. The minimum atomic E-state index is -0.291. The SMILES string of the molecule is CC(Cl)c1nc2c(Cl)cccc2n1Cc1ccccc1F. The molecule has 108 valence electrons. The second-order valence-corrected chi connectivity index (χ2v) is 5.93. The van der Waals surface area contributed by atoms with Crippen molar-refractivity contribution in [2.45, 2.75) is 18.8 Å². The van der Waals surface area contributed by atoms with E-state index in [-0.39, 0.29) is 11.2 Å². The van der Waals surface area contributed by atoms with Crippen LogP contribution in [0.4, 0.5) is 4.39 Å². The van der Waals surface area contributed by atoms with Gasteiger partial charge in [0.15, 0.2) is 0 Å². The normalized spacial score (nSPS) is 12.8. The van der Waals surface area contributed by atoms with Crippen molar-refractivity contribution in [1.82, 2.24) is 9.55 Å². The molecule has 0 amide bonds. The van der Waals surface area contributed by atoms with Gasteiger partial charge < -0.3 is 4.57 Å². The molecule has 0 fully saturated rings. The zero-order valence-corrected chi connectivity index (χ0v) is 12.9. The average molecular weight is 323 g/mol. The molecule has 0 bridgehead atoms. The van der Waals surface area contributed by atoms with Crippen molar-refractivity contribution in [3.8, 4) is 0 Å². The number of imidazole rings is 1. The van der Waals surface area contributed by atoms with Gasteiger partial charge in [0.05, 0.1) is 22.5 Å². The maximum atomic E-state index is 13.9. The summed E-state index contributed by atoms with van der Waals surface area (Å²) in [6.07, 6.45) is 0. The molecule has 0 saturated carbocycles. The monoisotopic (exact) mass is 322 g/mol. The second kappa shape index (κ2) is 5.66. The van der Waals surface area contributed by atoms with Gasteiger partial charge in [-0.15, -0.1) is 11.6 Å². The van der Waals surface area contributed by atoms with Crippen molar-refractivity contribution in [3.05, 3.63) is 64.7 Å². The summed E-state index contributed by atoms with van der Waals surface area (Å²) < 4.78 is 15.8. The maximum Gasteiger partial charge on any atom is 0.128 e. The highest BCUT2D eigenvalue weighted by Crippen LogP contribution is 2.29. The molecule has 0 aliphatic rings. The molecule has 2 aromatic carbocycles. The van der Waals surface area contributed by atoms with Crippen LogP contribution in [0.2, 0.25) is 5.02 Å². The molecule has 0 aliphatic carbocycles. The molecule has 1 aromatic heterocycles. The minimum absolute atomic E-state index is 0.241. The van der Waals surface area contributed by atoms with E-state index in [0.717, 1.165) is 5.52 Å². The molecule has 0 radical (unpaired) electrons. The molecule has 21 heavy (non-hydrogen) atoms. The van der Waals surface area contributed by atoms with Gasteiger partial charge in [-0.05, 0) is 25.1 Å². The van der Waals surface area contributed by atoms with Crippen LogP contribution in [0.3, 0.4) is 0 Å². The number of alkyl halides is 1. The Morgan fingerprint density at radius 1 is 1.19 bits per heavy atom. The number of halogens is 3. The van der Waals surface area contributed by atoms with Crippen molar-refractivity contribution < 1.29 is 4.39 Å². The summed E-state index contributed by atoms with van der Waals surface area (Å²) in [7, 11) is 0. The van der Waals surface area contributed by atoms with Gasteiger partial charge in [0.25, 0.3) is 0 Å². The summed E-state index contributed by atoms with van der Waals surface area (Å²) in [4.78, 5) is 4.51. The van der Waals surface area contributed by atoms with Crippen molar-refractivity contribution in [1.29, 1.82) is 0 Å². The molecule has 5 heteroatoms. The predicted molar refractivity (Wildman–Crippen MR) is 84.5 cm³/mol. The van der Waals surface area contributed by atoms with Crippen LogP contribution in [0.5, 0.6) is 0 Å². The first-order chi connectivity index (χ1) is 10.1. The fourth-order valence-corrected chi connectivity index (χ4v) is 2.78. The standard InChI is InChI=1S/C16H13Cl2FN2/c1-10(17)16-20-15-12(18)6-4-8-14(15)21(16)9-11-5-2-3-7-13(11)19/h2-8,10H,9H2,1H3. The molecule has 0 spiro atoms. The smallest absolute Gasteiger partial charge is 0.128 e. The summed E-state index contributed by atoms with van der Waals surface area (Å²) in [5.74, 6) is 0.442. The second-order valence-electron chi connectivity index (χ2n) is 4.87. The fraction of sp³-hybridized carbons (Fsp3) is 0.188. The Hall–Kier alpha value is -1.58. The van der Waals surface area contributed by atoms with E-state index >= 15 is 0 Å². The van der Waals surface area contributed by atoms with Crippen LogP contribution in [0.15, 0.2) is 42.5 Å².